The number of rotatable bonds is 4. The lowest BCUT2D eigenvalue weighted by molar-refractivity contribution is 0.0999. The van der Waals surface area contributed by atoms with Gasteiger partial charge in [-0.1, -0.05) is 20.8 Å². The number of aromatic nitrogens is 1. The highest BCUT2D eigenvalue weighted by molar-refractivity contribution is 9.10. The molecule has 0 amide bonds. The largest absolute Gasteiger partial charge is 0.329 e. The van der Waals surface area contributed by atoms with Crippen molar-refractivity contribution in [1.29, 1.82) is 0 Å². The van der Waals surface area contributed by atoms with Crippen molar-refractivity contribution in [3.05, 3.63) is 28.5 Å². The molecule has 1 aromatic heterocycles. The molecule has 0 bridgehead atoms. The lowest BCUT2D eigenvalue weighted by atomic mass is 9.86. The summed E-state index contributed by atoms with van der Waals surface area (Å²) in [6.45, 7) is 9.59. The first-order valence-electron chi connectivity index (χ1n) is 6.29. The topological polar surface area (TPSA) is 42.1 Å². The molecule has 0 saturated heterocycles. The summed E-state index contributed by atoms with van der Waals surface area (Å²) < 4.78 is 0.996. The molecule has 0 fully saturated rings. The van der Waals surface area contributed by atoms with E-state index >= 15 is 0 Å². The Morgan fingerprint density at radius 2 is 2.00 bits per heavy atom. The molecule has 2 N–H and O–H groups in total. The van der Waals surface area contributed by atoms with Crippen LogP contribution in [0.5, 0.6) is 0 Å². The van der Waals surface area contributed by atoms with Gasteiger partial charge in [-0.3, -0.25) is 9.88 Å². The van der Waals surface area contributed by atoms with Crippen molar-refractivity contribution in [3.63, 3.8) is 0 Å². The molecule has 0 aromatic carbocycles. The van der Waals surface area contributed by atoms with Crippen molar-refractivity contribution in [2.75, 3.05) is 13.6 Å². The van der Waals surface area contributed by atoms with Crippen molar-refractivity contribution in [1.82, 2.24) is 9.88 Å². The fraction of sp³-hybridized carbons (Fsp3) is 0.643. The highest BCUT2D eigenvalue weighted by Gasteiger charge is 2.28. The standard InChI is InChI=1S/C14H24BrN3/c1-10(14(2,3)4)18(5)13(7-16)11-6-12(15)9-17-8-11/h6,8-10,13H,7,16H2,1-5H3. The number of hydrogen-bond acceptors (Lipinski definition) is 3. The first kappa shape index (κ1) is 15.6. The molecule has 1 heterocycles. The van der Waals surface area contributed by atoms with Gasteiger partial charge in [0.15, 0.2) is 0 Å². The third-order valence-electron chi connectivity index (χ3n) is 3.69. The summed E-state index contributed by atoms with van der Waals surface area (Å²) >= 11 is 3.46. The van der Waals surface area contributed by atoms with Crippen LogP contribution >= 0.6 is 15.9 Å². The number of nitrogens with zero attached hydrogens (tertiary/aromatic N) is 2. The molecule has 0 aliphatic heterocycles. The zero-order chi connectivity index (χ0) is 13.9. The summed E-state index contributed by atoms with van der Waals surface area (Å²) in [5, 5.41) is 0. The van der Waals surface area contributed by atoms with E-state index in [-0.39, 0.29) is 11.5 Å². The summed E-state index contributed by atoms with van der Waals surface area (Å²) in [5.74, 6) is 0. The van der Waals surface area contributed by atoms with Crippen LogP contribution in [0.2, 0.25) is 0 Å². The fourth-order valence-corrected chi connectivity index (χ4v) is 2.41. The van der Waals surface area contributed by atoms with E-state index in [1.165, 1.54) is 0 Å². The Kier molecular flexibility index (Phi) is 5.32. The number of pyridine rings is 1. The van der Waals surface area contributed by atoms with E-state index in [0.29, 0.717) is 12.6 Å². The Morgan fingerprint density at radius 3 is 2.44 bits per heavy atom. The molecule has 18 heavy (non-hydrogen) atoms. The molecular formula is C14H24BrN3. The second-order valence-corrected chi connectivity index (χ2v) is 6.81. The van der Waals surface area contributed by atoms with Crippen LogP contribution in [0.25, 0.3) is 0 Å². The second-order valence-electron chi connectivity index (χ2n) is 5.90. The van der Waals surface area contributed by atoms with Gasteiger partial charge in [-0.2, -0.15) is 0 Å². The van der Waals surface area contributed by atoms with Gasteiger partial charge in [0.2, 0.25) is 0 Å². The van der Waals surface area contributed by atoms with Crippen LogP contribution in [-0.4, -0.2) is 29.5 Å². The molecule has 102 valence electrons. The molecule has 0 spiro atoms. The minimum atomic E-state index is 0.198. The van der Waals surface area contributed by atoms with Gasteiger partial charge in [-0.25, -0.2) is 0 Å². The smallest absolute Gasteiger partial charge is 0.0486 e. The Balaban J connectivity index is 2.97. The average Bonchev–Trinajstić information content (AvgIpc) is 2.27. The first-order chi connectivity index (χ1) is 8.27. The van der Waals surface area contributed by atoms with E-state index in [2.05, 4.69) is 66.6 Å². The predicted molar refractivity (Wildman–Crippen MR) is 80.4 cm³/mol. The third-order valence-corrected chi connectivity index (χ3v) is 4.12. The van der Waals surface area contributed by atoms with Crippen molar-refractivity contribution in [2.24, 2.45) is 11.1 Å². The maximum Gasteiger partial charge on any atom is 0.0486 e. The summed E-state index contributed by atoms with van der Waals surface area (Å²) in [4.78, 5) is 6.56. The Hall–Kier alpha value is -0.450. The number of likely N-dealkylation sites (N-methyl/N-ethyl adjacent to an activating group) is 1. The van der Waals surface area contributed by atoms with Crippen LogP contribution in [0.1, 0.15) is 39.3 Å². The Bertz CT molecular complexity index is 387. The van der Waals surface area contributed by atoms with Gasteiger partial charge in [-0.05, 0) is 46.9 Å². The number of halogens is 1. The number of hydrogen-bond donors (Lipinski definition) is 1. The van der Waals surface area contributed by atoms with Crippen LogP contribution in [0.4, 0.5) is 0 Å². The zero-order valence-corrected chi connectivity index (χ0v) is 13.5. The number of nitrogens with two attached hydrogens (primary N) is 1. The van der Waals surface area contributed by atoms with Crippen molar-refractivity contribution >= 4 is 15.9 Å². The summed E-state index contributed by atoms with van der Waals surface area (Å²) in [7, 11) is 2.13. The van der Waals surface area contributed by atoms with Gasteiger partial charge in [0.05, 0.1) is 0 Å². The van der Waals surface area contributed by atoms with E-state index in [9.17, 15) is 0 Å². The van der Waals surface area contributed by atoms with Gasteiger partial charge in [-0.15, -0.1) is 0 Å². The molecular weight excluding hydrogens is 290 g/mol. The van der Waals surface area contributed by atoms with Crippen molar-refractivity contribution in [3.8, 4) is 0 Å². The normalized spacial score (nSPS) is 15.8. The minimum Gasteiger partial charge on any atom is -0.329 e. The molecule has 4 heteroatoms. The highest BCUT2D eigenvalue weighted by Crippen LogP contribution is 2.29. The van der Waals surface area contributed by atoms with E-state index in [0.717, 1.165) is 10.0 Å². The average molecular weight is 314 g/mol. The predicted octanol–water partition coefficient (Wildman–Crippen LogP) is 3.21. The van der Waals surface area contributed by atoms with Crippen LogP contribution in [0.15, 0.2) is 22.9 Å². The maximum absolute atomic E-state index is 5.95. The SMILES string of the molecule is CC(N(C)C(CN)c1cncc(Br)c1)C(C)(C)C. The Morgan fingerprint density at radius 1 is 1.39 bits per heavy atom. The fourth-order valence-electron chi connectivity index (χ4n) is 2.03. The lowest BCUT2D eigenvalue weighted by Gasteiger charge is -2.40. The van der Waals surface area contributed by atoms with Crippen molar-refractivity contribution < 1.29 is 0 Å². The minimum absolute atomic E-state index is 0.198. The van der Waals surface area contributed by atoms with E-state index in [4.69, 9.17) is 5.73 Å². The van der Waals surface area contributed by atoms with Gasteiger partial charge in [0.25, 0.3) is 0 Å². The van der Waals surface area contributed by atoms with Crippen LogP contribution in [0.3, 0.4) is 0 Å². The monoisotopic (exact) mass is 313 g/mol. The summed E-state index contributed by atoms with van der Waals surface area (Å²) in [5.41, 5.74) is 7.33. The molecule has 1 aromatic rings. The maximum atomic E-state index is 5.95. The zero-order valence-electron chi connectivity index (χ0n) is 11.9. The van der Waals surface area contributed by atoms with Gasteiger partial charge in [0.1, 0.15) is 0 Å². The second kappa shape index (κ2) is 6.13. The van der Waals surface area contributed by atoms with Gasteiger partial charge in [0, 0.05) is 35.5 Å². The van der Waals surface area contributed by atoms with Crippen molar-refractivity contribution in [2.45, 2.75) is 39.8 Å². The van der Waals surface area contributed by atoms with Gasteiger partial charge < -0.3 is 5.73 Å². The molecule has 0 aliphatic rings. The quantitative estimate of drug-likeness (QED) is 0.928. The van der Waals surface area contributed by atoms with E-state index < -0.39 is 0 Å². The molecule has 3 nitrogen and oxygen atoms in total. The first-order valence-corrected chi connectivity index (χ1v) is 7.09. The molecule has 0 aliphatic carbocycles. The van der Waals surface area contributed by atoms with Gasteiger partial charge >= 0.3 is 0 Å². The molecule has 0 saturated carbocycles. The van der Waals surface area contributed by atoms with E-state index in [1.54, 1.807) is 6.20 Å². The summed E-state index contributed by atoms with van der Waals surface area (Å²) in [6, 6.07) is 2.73. The van der Waals surface area contributed by atoms with Crippen LogP contribution < -0.4 is 5.73 Å². The molecule has 0 radical (unpaired) electrons. The summed E-state index contributed by atoms with van der Waals surface area (Å²) in [6.07, 6.45) is 3.69. The Labute approximate surface area is 119 Å². The van der Waals surface area contributed by atoms with E-state index in [1.807, 2.05) is 6.20 Å². The highest BCUT2D eigenvalue weighted by atomic mass is 79.9. The molecule has 1 rings (SSSR count). The third kappa shape index (κ3) is 3.77. The molecule has 2 unspecified atom stereocenters. The van der Waals surface area contributed by atoms with Crippen LogP contribution in [0, 0.1) is 5.41 Å². The lowest BCUT2D eigenvalue weighted by Crippen LogP contribution is -2.43. The van der Waals surface area contributed by atoms with Crippen LogP contribution in [-0.2, 0) is 0 Å². The molecule has 2 atom stereocenters.